The van der Waals surface area contributed by atoms with Crippen LogP contribution in [0.15, 0.2) is 54.6 Å². The largest absolute Gasteiger partial charge is 0.497 e. The van der Waals surface area contributed by atoms with Gasteiger partial charge < -0.3 is 19.4 Å². The number of hydrogen-bond acceptors (Lipinski definition) is 4. The summed E-state index contributed by atoms with van der Waals surface area (Å²) in [4.78, 5) is 21.0. The average Bonchev–Trinajstić information content (AvgIpc) is 3.51. The number of nitrogens with zero attached hydrogens (tertiary/aromatic N) is 2. The van der Waals surface area contributed by atoms with Crippen LogP contribution in [0.25, 0.3) is 10.9 Å². The Morgan fingerprint density at radius 1 is 1.03 bits per heavy atom. The number of piperidine rings is 1. The standard InChI is InChI=1S/C27H33N3O3/c1-32-24-10-9-21-16-26(28-25(21)17-24)27(31)29-14-11-22(12-15-29)30-13-5-8-23(30)19-33-18-20-6-3-2-4-7-20/h2-4,6-7,9-10,16-17,22-23,28H,5,8,11-15,18-19H2,1H3/t23-/m0/s1. The topological polar surface area (TPSA) is 57.8 Å². The van der Waals surface area contributed by atoms with E-state index >= 15 is 0 Å². The lowest BCUT2D eigenvalue weighted by molar-refractivity contribution is 0.0313. The van der Waals surface area contributed by atoms with Gasteiger partial charge in [-0.15, -0.1) is 0 Å². The van der Waals surface area contributed by atoms with Gasteiger partial charge >= 0.3 is 0 Å². The van der Waals surface area contributed by atoms with Gasteiger partial charge in [-0.1, -0.05) is 30.3 Å². The van der Waals surface area contributed by atoms with Crippen molar-refractivity contribution in [1.29, 1.82) is 0 Å². The van der Waals surface area contributed by atoms with Crippen LogP contribution >= 0.6 is 0 Å². The SMILES string of the molecule is COc1ccc2cc(C(=O)N3CCC(N4CCC[C@H]4COCc4ccccc4)CC3)[nH]c2c1. The van der Waals surface area contributed by atoms with Gasteiger partial charge in [-0.25, -0.2) is 0 Å². The molecule has 174 valence electrons. The Morgan fingerprint density at radius 2 is 1.85 bits per heavy atom. The van der Waals surface area contributed by atoms with Crippen molar-refractivity contribution in [2.45, 2.75) is 44.4 Å². The van der Waals surface area contributed by atoms with E-state index in [4.69, 9.17) is 9.47 Å². The minimum absolute atomic E-state index is 0.0905. The lowest BCUT2D eigenvalue weighted by Gasteiger charge is -2.39. The van der Waals surface area contributed by atoms with Gasteiger partial charge in [-0.2, -0.15) is 0 Å². The van der Waals surface area contributed by atoms with Crippen molar-refractivity contribution in [3.05, 3.63) is 65.9 Å². The quantitative estimate of drug-likeness (QED) is 0.581. The normalized spacial score (nSPS) is 19.9. The van der Waals surface area contributed by atoms with E-state index in [0.717, 1.165) is 55.7 Å². The van der Waals surface area contributed by atoms with Crippen LogP contribution in [0.2, 0.25) is 0 Å². The van der Waals surface area contributed by atoms with Gasteiger partial charge in [-0.05, 0) is 56.0 Å². The first-order valence-corrected chi connectivity index (χ1v) is 12.0. The summed E-state index contributed by atoms with van der Waals surface area (Å²) < 4.78 is 11.4. The number of aromatic amines is 1. The Hall–Kier alpha value is -2.83. The summed E-state index contributed by atoms with van der Waals surface area (Å²) in [5.74, 6) is 0.880. The van der Waals surface area contributed by atoms with E-state index in [2.05, 4.69) is 34.1 Å². The Labute approximate surface area is 195 Å². The predicted molar refractivity (Wildman–Crippen MR) is 130 cm³/mol. The van der Waals surface area contributed by atoms with Crippen molar-refractivity contribution in [3.63, 3.8) is 0 Å². The maximum Gasteiger partial charge on any atom is 0.270 e. The van der Waals surface area contributed by atoms with Crippen molar-refractivity contribution < 1.29 is 14.3 Å². The van der Waals surface area contributed by atoms with E-state index < -0.39 is 0 Å². The number of methoxy groups -OCH3 is 1. The first kappa shape index (κ1) is 22.0. The second-order valence-corrected chi connectivity index (χ2v) is 9.19. The highest BCUT2D eigenvalue weighted by Gasteiger charge is 2.34. The van der Waals surface area contributed by atoms with Crippen molar-refractivity contribution in [1.82, 2.24) is 14.8 Å². The predicted octanol–water partition coefficient (Wildman–Crippen LogP) is 4.46. The number of carbonyl (C=O) groups is 1. The Balaban J connectivity index is 1.14. The zero-order chi connectivity index (χ0) is 22.6. The summed E-state index contributed by atoms with van der Waals surface area (Å²) >= 11 is 0. The minimum atomic E-state index is 0.0905. The number of hydrogen-bond donors (Lipinski definition) is 1. The third kappa shape index (κ3) is 4.92. The van der Waals surface area contributed by atoms with Crippen molar-refractivity contribution in [2.24, 2.45) is 0 Å². The molecule has 0 bridgehead atoms. The number of aromatic nitrogens is 1. The number of carbonyl (C=O) groups excluding carboxylic acids is 1. The molecule has 2 aliphatic heterocycles. The molecule has 5 rings (SSSR count). The summed E-state index contributed by atoms with van der Waals surface area (Å²) in [7, 11) is 1.65. The van der Waals surface area contributed by atoms with Crippen molar-refractivity contribution in [3.8, 4) is 5.75 Å². The van der Waals surface area contributed by atoms with Gasteiger partial charge in [0, 0.05) is 42.1 Å². The molecule has 2 aliphatic rings. The smallest absolute Gasteiger partial charge is 0.270 e. The van der Waals surface area contributed by atoms with E-state index in [1.54, 1.807) is 7.11 Å². The van der Waals surface area contributed by atoms with E-state index in [1.807, 2.05) is 35.2 Å². The van der Waals surface area contributed by atoms with Gasteiger partial charge in [0.1, 0.15) is 11.4 Å². The highest BCUT2D eigenvalue weighted by Crippen LogP contribution is 2.28. The van der Waals surface area contributed by atoms with Crippen LogP contribution in [0.4, 0.5) is 0 Å². The number of benzene rings is 2. The third-order valence-corrected chi connectivity index (χ3v) is 7.13. The summed E-state index contributed by atoms with van der Waals surface area (Å²) in [6.07, 6.45) is 4.48. The van der Waals surface area contributed by atoms with Gasteiger partial charge in [-0.3, -0.25) is 9.69 Å². The molecule has 0 spiro atoms. The van der Waals surface area contributed by atoms with Crippen LogP contribution in [-0.2, 0) is 11.3 Å². The number of ether oxygens (including phenoxy) is 2. The van der Waals surface area contributed by atoms with Crippen molar-refractivity contribution >= 4 is 16.8 Å². The number of nitrogens with one attached hydrogen (secondary N) is 1. The Kier molecular flexibility index (Phi) is 6.65. The first-order chi connectivity index (χ1) is 16.2. The van der Waals surface area contributed by atoms with Crippen LogP contribution in [0, 0.1) is 0 Å². The van der Waals surface area contributed by atoms with Gasteiger partial charge in [0.15, 0.2) is 0 Å². The fraction of sp³-hybridized carbons (Fsp3) is 0.444. The monoisotopic (exact) mass is 447 g/mol. The molecule has 1 atom stereocenters. The zero-order valence-electron chi connectivity index (χ0n) is 19.3. The highest BCUT2D eigenvalue weighted by atomic mass is 16.5. The molecule has 6 heteroatoms. The average molecular weight is 448 g/mol. The molecule has 0 unspecified atom stereocenters. The lowest BCUT2D eigenvalue weighted by Crippen LogP contribution is -2.49. The maximum atomic E-state index is 13.1. The molecule has 3 heterocycles. The Bertz CT molecular complexity index is 1070. The number of rotatable bonds is 7. The van der Waals surface area contributed by atoms with E-state index in [1.165, 1.54) is 18.4 Å². The second kappa shape index (κ2) is 9.98. The molecular weight excluding hydrogens is 414 g/mol. The molecule has 2 aromatic carbocycles. The summed E-state index contributed by atoms with van der Waals surface area (Å²) in [5, 5.41) is 1.03. The molecule has 1 amide bonds. The third-order valence-electron chi connectivity index (χ3n) is 7.13. The van der Waals surface area contributed by atoms with E-state index in [0.29, 0.717) is 24.4 Å². The Morgan fingerprint density at radius 3 is 2.64 bits per heavy atom. The molecular formula is C27H33N3O3. The molecule has 0 radical (unpaired) electrons. The van der Waals surface area contributed by atoms with Crippen LogP contribution in [0.1, 0.15) is 41.7 Å². The molecule has 3 aromatic rings. The van der Waals surface area contributed by atoms with Gasteiger partial charge in [0.25, 0.3) is 5.91 Å². The number of H-pyrrole nitrogens is 1. The summed E-state index contributed by atoms with van der Waals surface area (Å²) in [6.45, 7) is 4.20. The second-order valence-electron chi connectivity index (χ2n) is 9.19. The molecule has 1 aromatic heterocycles. The van der Waals surface area contributed by atoms with E-state index in [9.17, 15) is 4.79 Å². The minimum Gasteiger partial charge on any atom is -0.497 e. The fourth-order valence-electron chi connectivity index (χ4n) is 5.32. The molecule has 0 saturated carbocycles. The maximum absolute atomic E-state index is 13.1. The highest BCUT2D eigenvalue weighted by molar-refractivity contribution is 5.98. The van der Waals surface area contributed by atoms with E-state index in [-0.39, 0.29) is 5.91 Å². The summed E-state index contributed by atoms with van der Waals surface area (Å²) in [6, 6.07) is 19.2. The number of fused-ring (bicyclic) bond motifs is 1. The molecule has 0 aliphatic carbocycles. The molecule has 1 N–H and O–H groups in total. The fourth-order valence-corrected chi connectivity index (χ4v) is 5.32. The summed E-state index contributed by atoms with van der Waals surface area (Å²) in [5.41, 5.74) is 2.82. The van der Waals surface area contributed by atoms with Gasteiger partial charge in [0.05, 0.1) is 20.3 Å². The number of amides is 1. The molecule has 2 saturated heterocycles. The van der Waals surface area contributed by atoms with Crippen LogP contribution in [0.5, 0.6) is 5.75 Å². The molecule has 6 nitrogen and oxygen atoms in total. The van der Waals surface area contributed by atoms with Crippen LogP contribution in [0.3, 0.4) is 0 Å². The molecule has 33 heavy (non-hydrogen) atoms. The van der Waals surface area contributed by atoms with Crippen LogP contribution in [-0.4, -0.2) is 66.1 Å². The molecule has 2 fully saturated rings. The first-order valence-electron chi connectivity index (χ1n) is 12.0. The van der Waals surface area contributed by atoms with Crippen molar-refractivity contribution in [2.75, 3.05) is 33.4 Å². The number of likely N-dealkylation sites (tertiary alicyclic amines) is 2. The van der Waals surface area contributed by atoms with Gasteiger partial charge in [0.2, 0.25) is 0 Å². The zero-order valence-corrected chi connectivity index (χ0v) is 19.3. The lowest BCUT2D eigenvalue weighted by atomic mass is 10.0. The van der Waals surface area contributed by atoms with Crippen LogP contribution < -0.4 is 4.74 Å².